The Hall–Kier alpha value is -1.87. The van der Waals surface area contributed by atoms with Crippen LogP contribution < -0.4 is 5.73 Å². The molecule has 0 saturated heterocycles. The van der Waals surface area contributed by atoms with E-state index in [-0.39, 0.29) is 0 Å². The Bertz CT molecular complexity index is 631. The van der Waals surface area contributed by atoms with Gasteiger partial charge in [-0.15, -0.1) is 0 Å². The average molecular weight is 354 g/mol. The van der Waals surface area contributed by atoms with E-state index in [0.717, 1.165) is 56.5 Å². The molecule has 0 heterocycles. The van der Waals surface area contributed by atoms with Crippen molar-refractivity contribution >= 4 is 6.72 Å². The molecule has 1 aliphatic rings. The van der Waals surface area contributed by atoms with Gasteiger partial charge in [0.15, 0.2) is 0 Å². The lowest BCUT2D eigenvalue weighted by molar-refractivity contribution is 0.192. The van der Waals surface area contributed by atoms with Crippen LogP contribution in [0.1, 0.15) is 55.7 Å². The molecule has 3 nitrogen and oxygen atoms in total. The number of aryl methyl sites for hydroxylation is 3. The molecule has 2 N–H and O–H groups in total. The first-order chi connectivity index (χ1) is 12.4. The van der Waals surface area contributed by atoms with Crippen molar-refractivity contribution in [1.29, 1.82) is 0 Å². The maximum atomic E-state index is 6.11. The molecule has 0 aromatic heterocycles. The Kier molecular flexibility index (Phi) is 7.65. The van der Waals surface area contributed by atoms with Crippen LogP contribution in [-0.2, 0) is 6.42 Å². The van der Waals surface area contributed by atoms with Gasteiger partial charge in [0.25, 0.3) is 0 Å². The van der Waals surface area contributed by atoms with Crippen LogP contribution >= 0.6 is 0 Å². The van der Waals surface area contributed by atoms with Gasteiger partial charge in [-0.3, -0.25) is 4.99 Å². The second-order valence-electron chi connectivity index (χ2n) is 7.64. The van der Waals surface area contributed by atoms with E-state index < -0.39 is 0 Å². The van der Waals surface area contributed by atoms with Crippen molar-refractivity contribution in [3.63, 3.8) is 0 Å². The van der Waals surface area contributed by atoms with Gasteiger partial charge in [0.2, 0.25) is 0 Å². The normalized spacial score (nSPS) is 20.7. The van der Waals surface area contributed by atoms with Crippen molar-refractivity contribution in [2.75, 3.05) is 6.54 Å². The predicted octanol–water partition coefficient (Wildman–Crippen LogP) is 4.93. The van der Waals surface area contributed by atoms with E-state index in [1.54, 1.807) is 0 Å². The summed E-state index contributed by atoms with van der Waals surface area (Å²) in [5, 5.41) is 0. The molecule has 0 amide bonds. The molecule has 0 atom stereocenters. The molecular formula is C23H35N3. The minimum atomic E-state index is 0.357. The van der Waals surface area contributed by atoms with Crippen LogP contribution in [0.2, 0.25) is 0 Å². The maximum absolute atomic E-state index is 6.11. The van der Waals surface area contributed by atoms with Crippen LogP contribution in [0.4, 0.5) is 0 Å². The van der Waals surface area contributed by atoms with Gasteiger partial charge >= 0.3 is 0 Å². The quantitative estimate of drug-likeness (QED) is 0.532. The van der Waals surface area contributed by atoms with E-state index in [9.17, 15) is 0 Å². The summed E-state index contributed by atoms with van der Waals surface area (Å²) in [7, 11) is 0. The first kappa shape index (κ1) is 20.4. The summed E-state index contributed by atoms with van der Waals surface area (Å²) in [5.74, 6) is 0. The second kappa shape index (κ2) is 9.72. The molecule has 2 rings (SSSR count). The first-order valence-corrected chi connectivity index (χ1v) is 9.86. The Morgan fingerprint density at radius 1 is 1.19 bits per heavy atom. The predicted molar refractivity (Wildman–Crippen MR) is 114 cm³/mol. The molecule has 26 heavy (non-hydrogen) atoms. The van der Waals surface area contributed by atoms with Crippen LogP contribution in [0.15, 0.2) is 47.2 Å². The van der Waals surface area contributed by atoms with Crippen LogP contribution in [0, 0.1) is 13.8 Å². The largest absolute Gasteiger partial charge is 0.367 e. The number of hydrogen-bond acceptors (Lipinski definition) is 3. The highest BCUT2D eigenvalue weighted by atomic mass is 15.2. The third-order valence-electron chi connectivity index (χ3n) is 5.41. The molecule has 3 heteroatoms. The SMILES string of the molecule is C=N/C(=C\C)C(=C)N(CCCc1cc(C)cc(C)c1)C1CCC(N)CC1. The van der Waals surface area contributed by atoms with Gasteiger partial charge in [0.05, 0.1) is 11.4 Å². The first-order valence-electron chi connectivity index (χ1n) is 9.86. The maximum Gasteiger partial charge on any atom is 0.0807 e. The number of aliphatic imine (C=N–C) groups is 1. The van der Waals surface area contributed by atoms with E-state index in [4.69, 9.17) is 5.73 Å². The molecule has 1 saturated carbocycles. The monoisotopic (exact) mass is 353 g/mol. The molecule has 0 aliphatic heterocycles. The van der Waals surface area contributed by atoms with Crippen LogP contribution in [0.25, 0.3) is 0 Å². The van der Waals surface area contributed by atoms with Gasteiger partial charge in [-0.05, 0) is 71.6 Å². The number of hydrogen-bond donors (Lipinski definition) is 1. The highest BCUT2D eigenvalue weighted by Crippen LogP contribution is 2.28. The molecule has 1 aliphatic carbocycles. The number of nitrogens with two attached hydrogens (primary N) is 1. The van der Waals surface area contributed by atoms with E-state index in [1.165, 1.54) is 16.7 Å². The van der Waals surface area contributed by atoms with E-state index in [0.29, 0.717) is 12.1 Å². The van der Waals surface area contributed by atoms with Crippen molar-refractivity contribution < 1.29 is 0 Å². The van der Waals surface area contributed by atoms with Gasteiger partial charge in [0.1, 0.15) is 0 Å². The summed E-state index contributed by atoms with van der Waals surface area (Å²) in [6.07, 6.45) is 8.66. The van der Waals surface area contributed by atoms with Crippen molar-refractivity contribution in [3.05, 3.63) is 58.9 Å². The lowest BCUT2D eigenvalue weighted by atomic mass is 9.90. The summed E-state index contributed by atoms with van der Waals surface area (Å²) >= 11 is 0. The van der Waals surface area contributed by atoms with E-state index in [1.807, 2.05) is 13.0 Å². The van der Waals surface area contributed by atoms with Gasteiger partial charge < -0.3 is 10.6 Å². The number of allylic oxidation sites excluding steroid dienone is 1. The van der Waals surface area contributed by atoms with Crippen molar-refractivity contribution in [2.45, 2.75) is 71.4 Å². The zero-order valence-corrected chi connectivity index (χ0v) is 16.8. The standard InChI is InChI=1S/C23H35N3/c1-6-23(25-5)19(4)26(22-11-9-21(24)10-12-22)13-7-8-20-15-17(2)14-18(3)16-20/h6,14-16,21-22H,4-5,7-13,24H2,1-3H3/b23-6-. The fourth-order valence-corrected chi connectivity index (χ4v) is 4.11. The van der Waals surface area contributed by atoms with Crippen LogP contribution in [0.5, 0.6) is 0 Å². The van der Waals surface area contributed by atoms with Gasteiger partial charge in [-0.2, -0.15) is 0 Å². The van der Waals surface area contributed by atoms with Gasteiger partial charge in [-0.1, -0.05) is 42.0 Å². The lowest BCUT2D eigenvalue weighted by Gasteiger charge is -2.39. The van der Waals surface area contributed by atoms with Gasteiger partial charge in [-0.25, -0.2) is 0 Å². The fourth-order valence-electron chi connectivity index (χ4n) is 4.11. The Balaban J connectivity index is 2.05. The molecule has 1 aromatic carbocycles. The van der Waals surface area contributed by atoms with Crippen LogP contribution in [0.3, 0.4) is 0 Å². The molecule has 1 aromatic rings. The highest BCUT2D eigenvalue weighted by molar-refractivity contribution is 5.37. The molecule has 1 fully saturated rings. The Morgan fingerprint density at radius 2 is 1.81 bits per heavy atom. The van der Waals surface area contributed by atoms with Crippen molar-refractivity contribution in [2.24, 2.45) is 10.7 Å². The molecular weight excluding hydrogens is 318 g/mol. The van der Waals surface area contributed by atoms with Gasteiger partial charge in [0, 0.05) is 18.6 Å². The fraction of sp³-hybridized carbons (Fsp3) is 0.522. The topological polar surface area (TPSA) is 41.6 Å². The Labute approximate surface area is 159 Å². The molecule has 0 radical (unpaired) electrons. The van der Waals surface area contributed by atoms with Crippen molar-refractivity contribution in [3.8, 4) is 0 Å². The molecule has 0 unspecified atom stereocenters. The van der Waals surface area contributed by atoms with Crippen LogP contribution in [-0.4, -0.2) is 30.2 Å². The summed E-state index contributed by atoms with van der Waals surface area (Å²) in [6.45, 7) is 15.4. The van der Waals surface area contributed by atoms with Crippen molar-refractivity contribution in [1.82, 2.24) is 4.90 Å². The highest BCUT2D eigenvalue weighted by Gasteiger charge is 2.25. The third kappa shape index (κ3) is 5.57. The summed E-state index contributed by atoms with van der Waals surface area (Å²) in [5.41, 5.74) is 12.1. The third-order valence-corrected chi connectivity index (χ3v) is 5.41. The molecule has 142 valence electrons. The average Bonchev–Trinajstić information content (AvgIpc) is 2.60. The smallest absolute Gasteiger partial charge is 0.0807 e. The molecule has 0 spiro atoms. The second-order valence-corrected chi connectivity index (χ2v) is 7.64. The number of benzene rings is 1. The lowest BCUT2D eigenvalue weighted by Crippen LogP contribution is -2.41. The molecule has 0 bridgehead atoms. The number of rotatable bonds is 8. The zero-order chi connectivity index (χ0) is 19.1. The Morgan fingerprint density at radius 3 is 2.35 bits per heavy atom. The summed E-state index contributed by atoms with van der Waals surface area (Å²) < 4.78 is 0. The number of nitrogens with zero attached hydrogens (tertiary/aromatic N) is 2. The van der Waals surface area contributed by atoms with E-state index in [2.05, 4.69) is 55.2 Å². The van der Waals surface area contributed by atoms with E-state index >= 15 is 0 Å². The minimum absolute atomic E-state index is 0.357. The summed E-state index contributed by atoms with van der Waals surface area (Å²) in [6, 6.07) is 7.70. The minimum Gasteiger partial charge on any atom is -0.367 e. The summed E-state index contributed by atoms with van der Waals surface area (Å²) in [4.78, 5) is 6.63. The zero-order valence-electron chi connectivity index (χ0n) is 16.8.